The molecule has 0 spiro atoms. The van der Waals surface area contributed by atoms with Crippen LogP contribution < -0.4 is 10.1 Å². The monoisotopic (exact) mass is 249 g/mol. The van der Waals surface area contributed by atoms with Gasteiger partial charge >= 0.3 is 0 Å². The fourth-order valence-electron chi connectivity index (χ4n) is 2.28. The van der Waals surface area contributed by atoms with Gasteiger partial charge in [-0.25, -0.2) is 0 Å². The Morgan fingerprint density at radius 1 is 1.39 bits per heavy atom. The normalized spacial score (nSPS) is 17.6. The lowest BCUT2D eigenvalue weighted by atomic mass is 9.77. The predicted octanol–water partition coefficient (Wildman–Crippen LogP) is 2.48. The van der Waals surface area contributed by atoms with E-state index in [9.17, 15) is 5.11 Å². The molecule has 2 N–H and O–H groups in total. The van der Waals surface area contributed by atoms with Crippen LogP contribution in [0.1, 0.15) is 38.7 Å². The largest absolute Gasteiger partial charge is 0.491 e. The molecule has 0 aliphatic heterocycles. The minimum Gasteiger partial charge on any atom is -0.491 e. The number of hydrogen-bond donors (Lipinski definition) is 2. The third-order valence-electron chi connectivity index (χ3n) is 3.55. The molecule has 1 saturated carbocycles. The van der Waals surface area contributed by atoms with E-state index >= 15 is 0 Å². The minimum absolute atomic E-state index is 0.0328. The average molecular weight is 249 g/mol. The van der Waals surface area contributed by atoms with Crippen molar-refractivity contribution in [3.8, 4) is 5.75 Å². The Bertz CT molecular complexity index is 380. The zero-order valence-corrected chi connectivity index (χ0v) is 11.3. The van der Waals surface area contributed by atoms with Crippen LogP contribution in [0.25, 0.3) is 0 Å². The lowest BCUT2D eigenvalue weighted by Crippen LogP contribution is -2.53. The topological polar surface area (TPSA) is 41.5 Å². The lowest BCUT2D eigenvalue weighted by Gasteiger charge is -2.41. The molecule has 0 heterocycles. The van der Waals surface area contributed by atoms with Crippen LogP contribution in [0.15, 0.2) is 24.3 Å². The molecule has 0 aromatic heterocycles. The molecular weight excluding hydrogens is 226 g/mol. The highest BCUT2D eigenvalue weighted by atomic mass is 16.5. The van der Waals surface area contributed by atoms with E-state index in [1.165, 1.54) is 12.0 Å². The van der Waals surface area contributed by atoms with Crippen LogP contribution in [0, 0.1) is 0 Å². The Kier molecular flexibility index (Phi) is 4.25. The molecule has 1 aromatic carbocycles. The maximum absolute atomic E-state index is 9.40. The van der Waals surface area contributed by atoms with Gasteiger partial charge in [0, 0.05) is 12.1 Å². The number of aliphatic hydroxyl groups excluding tert-OH is 1. The van der Waals surface area contributed by atoms with Gasteiger partial charge in [0.15, 0.2) is 0 Å². The van der Waals surface area contributed by atoms with Gasteiger partial charge in [-0.05, 0) is 50.8 Å². The van der Waals surface area contributed by atoms with Crippen molar-refractivity contribution in [2.45, 2.75) is 51.3 Å². The molecule has 100 valence electrons. The highest BCUT2D eigenvalue weighted by molar-refractivity contribution is 5.28. The van der Waals surface area contributed by atoms with Crippen LogP contribution in [-0.2, 0) is 6.54 Å². The van der Waals surface area contributed by atoms with Crippen LogP contribution in [-0.4, -0.2) is 23.4 Å². The second-order valence-corrected chi connectivity index (χ2v) is 5.46. The van der Waals surface area contributed by atoms with E-state index in [4.69, 9.17) is 4.74 Å². The molecule has 0 bridgehead atoms. The van der Waals surface area contributed by atoms with Gasteiger partial charge in [-0.15, -0.1) is 0 Å². The van der Waals surface area contributed by atoms with E-state index in [0.717, 1.165) is 25.1 Å². The number of aliphatic hydroxyl groups is 1. The van der Waals surface area contributed by atoms with Gasteiger partial charge in [-0.2, -0.15) is 0 Å². The molecule has 2 rings (SSSR count). The maximum atomic E-state index is 9.40. The highest BCUT2D eigenvalue weighted by Crippen LogP contribution is 2.31. The average Bonchev–Trinajstić information content (AvgIpc) is 2.28. The molecule has 1 aliphatic rings. The molecule has 3 nitrogen and oxygen atoms in total. The summed E-state index contributed by atoms with van der Waals surface area (Å²) in [5.74, 6) is 0.913. The van der Waals surface area contributed by atoms with Crippen molar-refractivity contribution in [2.24, 2.45) is 0 Å². The molecule has 0 radical (unpaired) electrons. The molecule has 1 fully saturated rings. The number of hydrogen-bond acceptors (Lipinski definition) is 3. The van der Waals surface area contributed by atoms with Gasteiger partial charge in [0.2, 0.25) is 0 Å². The summed E-state index contributed by atoms with van der Waals surface area (Å²) >= 11 is 0. The summed E-state index contributed by atoms with van der Waals surface area (Å²) in [7, 11) is 0. The van der Waals surface area contributed by atoms with Crippen LogP contribution in [0.4, 0.5) is 0 Å². The summed E-state index contributed by atoms with van der Waals surface area (Å²) in [6, 6.07) is 8.15. The number of benzene rings is 1. The SMILES string of the molecule is CC(C)Oc1cccc(CNC2(CO)CCC2)c1. The summed E-state index contributed by atoms with van der Waals surface area (Å²) in [6.07, 6.45) is 3.56. The fourth-order valence-corrected chi connectivity index (χ4v) is 2.28. The Balaban J connectivity index is 1.92. The Hall–Kier alpha value is -1.06. The third-order valence-corrected chi connectivity index (χ3v) is 3.55. The molecule has 18 heavy (non-hydrogen) atoms. The quantitative estimate of drug-likeness (QED) is 0.814. The van der Waals surface area contributed by atoms with Crippen LogP contribution in [0.5, 0.6) is 5.75 Å². The Morgan fingerprint density at radius 2 is 2.17 bits per heavy atom. The van der Waals surface area contributed by atoms with Crippen molar-refractivity contribution in [1.82, 2.24) is 5.32 Å². The van der Waals surface area contributed by atoms with E-state index < -0.39 is 0 Å². The summed E-state index contributed by atoms with van der Waals surface area (Å²) in [6.45, 7) is 5.07. The van der Waals surface area contributed by atoms with Gasteiger partial charge in [0.25, 0.3) is 0 Å². The standard InChI is InChI=1S/C15H23NO2/c1-12(2)18-14-6-3-5-13(9-14)10-16-15(11-17)7-4-8-15/h3,5-6,9,12,16-17H,4,7-8,10-11H2,1-2H3. The fraction of sp³-hybridized carbons (Fsp3) is 0.600. The third kappa shape index (κ3) is 3.24. The maximum Gasteiger partial charge on any atom is 0.120 e. The van der Waals surface area contributed by atoms with E-state index in [1.54, 1.807) is 0 Å². The molecule has 0 unspecified atom stereocenters. The van der Waals surface area contributed by atoms with Gasteiger partial charge in [0.05, 0.1) is 12.7 Å². The summed E-state index contributed by atoms with van der Waals surface area (Å²) in [5.41, 5.74) is 1.17. The summed E-state index contributed by atoms with van der Waals surface area (Å²) in [4.78, 5) is 0. The Labute approximate surface area is 109 Å². The first-order chi connectivity index (χ1) is 8.63. The molecule has 0 amide bonds. The lowest BCUT2D eigenvalue weighted by molar-refractivity contribution is 0.0872. The highest BCUT2D eigenvalue weighted by Gasteiger charge is 2.35. The zero-order valence-electron chi connectivity index (χ0n) is 11.3. The molecule has 0 atom stereocenters. The Morgan fingerprint density at radius 3 is 2.72 bits per heavy atom. The van der Waals surface area contributed by atoms with Gasteiger partial charge in [-0.3, -0.25) is 0 Å². The number of nitrogens with one attached hydrogen (secondary N) is 1. The summed E-state index contributed by atoms with van der Waals surface area (Å²) in [5, 5.41) is 12.9. The van der Waals surface area contributed by atoms with E-state index in [1.807, 2.05) is 26.0 Å². The van der Waals surface area contributed by atoms with Crippen LogP contribution in [0.3, 0.4) is 0 Å². The second-order valence-electron chi connectivity index (χ2n) is 5.46. The van der Waals surface area contributed by atoms with Crippen molar-refractivity contribution in [3.05, 3.63) is 29.8 Å². The smallest absolute Gasteiger partial charge is 0.120 e. The minimum atomic E-state index is -0.0328. The molecule has 1 aromatic rings. The predicted molar refractivity (Wildman–Crippen MR) is 72.7 cm³/mol. The number of rotatable bonds is 6. The van der Waals surface area contributed by atoms with E-state index in [-0.39, 0.29) is 18.2 Å². The molecule has 3 heteroatoms. The molecular formula is C15H23NO2. The van der Waals surface area contributed by atoms with Crippen LogP contribution >= 0.6 is 0 Å². The van der Waals surface area contributed by atoms with Crippen LogP contribution in [0.2, 0.25) is 0 Å². The van der Waals surface area contributed by atoms with Crippen molar-refractivity contribution in [3.63, 3.8) is 0 Å². The first-order valence-electron chi connectivity index (χ1n) is 6.75. The first kappa shape index (κ1) is 13.4. The second kappa shape index (κ2) is 5.72. The molecule has 0 saturated heterocycles. The molecule has 1 aliphatic carbocycles. The van der Waals surface area contributed by atoms with Crippen molar-refractivity contribution in [1.29, 1.82) is 0 Å². The van der Waals surface area contributed by atoms with Crippen molar-refractivity contribution in [2.75, 3.05) is 6.61 Å². The van der Waals surface area contributed by atoms with Gasteiger partial charge < -0.3 is 15.2 Å². The number of ether oxygens (including phenoxy) is 1. The first-order valence-corrected chi connectivity index (χ1v) is 6.75. The van der Waals surface area contributed by atoms with Crippen molar-refractivity contribution < 1.29 is 9.84 Å². The van der Waals surface area contributed by atoms with Crippen molar-refractivity contribution >= 4 is 0 Å². The summed E-state index contributed by atoms with van der Waals surface area (Å²) < 4.78 is 5.68. The van der Waals surface area contributed by atoms with E-state index in [0.29, 0.717) is 0 Å². The van der Waals surface area contributed by atoms with Gasteiger partial charge in [-0.1, -0.05) is 12.1 Å². The van der Waals surface area contributed by atoms with E-state index in [2.05, 4.69) is 17.4 Å². The zero-order chi connectivity index (χ0) is 13.0. The van der Waals surface area contributed by atoms with Gasteiger partial charge in [0.1, 0.15) is 5.75 Å².